The summed E-state index contributed by atoms with van der Waals surface area (Å²) < 4.78 is 6.24. The van der Waals surface area contributed by atoms with Crippen molar-refractivity contribution in [3.05, 3.63) is 81.6 Å². The van der Waals surface area contributed by atoms with Gasteiger partial charge in [0.15, 0.2) is 0 Å². The van der Waals surface area contributed by atoms with Crippen molar-refractivity contribution in [3.8, 4) is 16.9 Å². The number of benzene rings is 2. The Labute approximate surface area is 308 Å². The lowest BCUT2D eigenvalue weighted by molar-refractivity contribution is -0.113. The van der Waals surface area contributed by atoms with E-state index in [2.05, 4.69) is 33.1 Å². The van der Waals surface area contributed by atoms with E-state index in [9.17, 15) is 25.2 Å². The molecule has 5 rings (SSSR count). The summed E-state index contributed by atoms with van der Waals surface area (Å²) >= 11 is 13.5. The van der Waals surface area contributed by atoms with Gasteiger partial charge in [-0.25, -0.2) is 4.79 Å². The molecule has 3 aromatic rings. The minimum absolute atomic E-state index is 0. The van der Waals surface area contributed by atoms with E-state index < -0.39 is 37.1 Å². The van der Waals surface area contributed by atoms with Crippen LogP contribution in [0.25, 0.3) is 11.1 Å². The van der Waals surface area contributed by atoms with Crippen LogP contribution in [0.1, 0.15) is 61.6 Å². The highest BCUT2D eigenvalue weighted by atomic mass is 35.5. The topological polar surface area (TPSA) is 176 Å². The number of aliphatic hydroxyl groups excluding tert-OH is 5. The number of para-hydroxylation sites is 1. The highest BCUT2D eigenvalue weighted by molar-refractivity contribution is 6.34. The van der Waals surface area contributed by atoms with Crippen LogP contribution in [-0.2, 0) is 18.5 Å². The number of hydrogen-bond donors (Lipinski definition) is 8. The predicted octanol–water partition coefficient (Wildman–Crippen LogP) is 4.25. The van der Waals surface area contributed by atoms with Crippen LogP contribution in [0.15, 0.2) is 54.9 Å². The summed E-state index contributed by atoms with van der Waals surface area (Å²) in [5.74, 6) is 0.907. The number of aliphatic hydroxyl groups is 5. The van der Waals surface area contributed by atoms with Crippen LogP contribution in [0, 0.1) is 0 Å². The number of halogens is 3. The number of hydrogen-bond acceptors (Lipinski definition) is 9. The average Bonchev–Trinajstić information content (AvgIpc) is 4.06. The van der Waals surface area contributed by atoms with Gasteiger partial charge in [0.25, 0.3) is 0 Å². The molecule has 2 aromatic carbocycles. The van der Waals surface area contributed by atoms with Crippen molar-refractivity contribution in [2.75, 3.05) is 19.7 Å². The van der Waals surface area contributed by atoms with Gasteiger partial charge in [0.05, 0.1) is 18.8 Å². The molecule has 2 amide bonds. The second-order valence-electron chi connectivity index (χ2n) is 13.0. The van der Waals surface area contributed by atoms with Crippen molar-refractivity contribution < 1.29 is 35.1 Å². The molecule has 0 bridgehead atoms. The van der Waals surface area contributed by atoms with Crippen molar-refractivity contribution in [1.29, 1.82) is 0 Å². The number of aromatic nitrogens is 1. The molecule has 1 heterocycles. The number of ether oxygens (including phenoxy) is 1. The Hall–Kier alpha value is -2.71. The smallest absolute Gasteiger partial charge is 0.314 e. The summed E-state index contributed by atoms with van der Waals surface area (Å²) in [6.07, 6.45) is 4.77. The van der Waals surface area contributed by atoms with Gasteiger partial charge >= 0.3 is 6.03 Å². The van der Waals surface area contributed by atoms with Crippen LogP contribution in [0.2, 0.25) is 10.0 Å². The molecule has 11 nitrogen and oxygen atoms in total. The number of pyridine rings is 1. The summed E-state index contributed by atoms with van der Waals surface area (Å²) in [4.78, 5) is 16.5. The maximum atomic E-state index is 12.0. The van der Waals surface area contributed by atoms with Crippen molar-refractivity contribution in [2.24, 2.45) is 0 Å². The molecule has 0 radical (unpaired) electrons. The fraction of sp³-hybridized carbons (Fsp3) is 0.500. The Morgan fingerprint density at radius 1 is 0.920 bits per heavy atom. The number of nitrogens with zero attached hydrogens (tertiary/aromatic N) is 1. The zero-order chi connectivity index (χ0) is 35.0. The summed E-state index contributed by atoms with van der Waals surface area (Å²) in [5, 5.41) is 57.8. The molecular weight excluding hydrogens is 707 g/mol. The Kier molecular flexibility index (Phi) is 15.0. The summed E-state index contributed by atoms with van der Waals surface area (Å²) in [7, 11) is 0. The maximum absolute atomic E-state index is 12.0. The molecule has 0 saturated heterocycles. The molecule has 0 unspecified atom stereocenters. The number of unbranched alkanes of at least 4 members (excludes halogenated alkanes) is 2. The van der Waals surface area contributed by atoms with E-state index >= 15 is 0 Å². The molecule has 4 atom stereocenters. The number of aryl methyl sites for hydroxylation is 1. The largest absolute Gasteiger partial charge is 0.490 e. The first-order chi connectivity index (χ1) is 23.6. The Bertz CT molecular complexity index is 1560. The monoisotopic (exact) mass is 752 g/mol. The van der Waals surface area contributed by atoms with Gasteiger partial charge in [-0.1, -0.05) is 47.8 Å². The van der Waals surface area contributed by atoms with Crippen molar-refractivity contribution in [1.82, 2.24) is 20.9 Å². The summed E-state index contributed by atoms with van der Waals surface area (Å²) in [6.45, 7) is -0.163. The van der Waals surface area contributed by atoms with Gasteiger partial charge in [0.1, 0.15) is 24.1 Å². The van der Waals surface area contributed by atoms with E-state index in [-0.39, 0.29) is 24.5 Å². The maximum Gasteiger partial charge on any atom is 0.314 e. The van der Waals surface area contributed by atoms with Gasteiger partial charge < -0.3 is 46.2 Å². The molecule has 14 heteroatoms. The van der Waals surface area contributed by atoms with Crippen molar-refractivity contribution in [3.63, 3.8) is 0 Å². The molecule has 0 aliphatic heterocycles. The molecular formula is C36H47Cl3N4O7. The minimum atomic E-state index is -1.75. The minimum Gasteiger partial charge on any atom is -0.490 e. The molecule has 1 aromatic heterocycles. The highest BCUT2D eigenvalue weighted by Crippen LogP contribution is 2.50. The summed E-state index contributed by atoms with van der Waals surface area (Å²) in [5.41, 5.74) is 5.04. The SMILES string of the molecule is Cl.O=C(NCCCCCc1cc(Cl)c(CNC2(c3cnccc3-c3ccccc3OC3CC3)CC2)cc1Cl)NC[C@H](O)[C@@H](O)[C@H](O)[C@H](O)CO. The molecule has 2 aliphatic rings. The second kappa shape index (κ2) is 18.7. The van der Waals surface area contributed by atoms with Gasteiger partial charge in [-0.05, 0) is 91.5 Å². The molecule has 8 N–H and O–H groups in total. The Morgan fingerprint density at radius 3 is 2.34 bits per heavy atom. The first-order valence-corrected chi connectivity index (χ1v) is 17.6. The van der Waals surface area contributed by atoms with Crippen LogP contribution < -0.4 is 20.7 Å². The molecule has 0 spiro atoms. The van der Waals surface area contributed by atoms with Crippen molar-refractivity contribution in [2.45, 2.75) is 94.0 Å². The third kappa shape index (κ3) is 10.7. The summed E-state index contributed by atoms with van der Waals surface area (Å²) in [6, 6.07) is 13.6. The third-order valence-electron chi connectivity index (χ3n) is 9.12. The quantitative estimate of drug-likeness (QED) is 0.0833. The standard InChI is InChI=1S/C36H46Cl2N4O7.ClH/c37-28-17-23(18-42-36(12-13-36)27-19-39-15-11-25(27)26-7-3-4-8-32(26)49-24-9-10-24)29(38)16-22(28)6-2-1-5-14-40-35(48)41-20-30(44)33(46)34(47)31(45)21-43;/h3-4,7-8,11,15-17,19,24,30-31,33-34,42-47H,1-2,5-6,9-10,12-14,18,20-21H2,(H2,40,41,48);1H/t30-,31+,33+,34+;/m0./s1. The number of carbonyl (C=O) groups excluding carboxylic acids is 1. The molecule has 2 fully saturated rings. The van der Waals surface area contributed by atoms with E-state index in [1.54, 1.807) is 0 Å². The zero-order valence-electron chi connectivity index (χ0n) is 27.7. The number of carbonyl (C=O) groups is 1. The van der Waals surface area contributed by atoms with E-state index in [1.165, 1.54) is 0 Å². The molecule has 2 saturated carbocycles. The predicted molar refractivity (Wildman–Crippen MR) is 195 cm³/mol. The van der Waals surface area contributed by atoms with Crippen LogP contribution in [0.4, 0.5) is 4.79 Å². The number of nitrogens with one attached hydrogen (secondary N) is 3. The van der Waals surface area contributed by atoms with E-state index in [0.717, 1.165) is 78.5 Å². The number of rotatable bonds is 19. The number of urea groups is 1. The zero-order valence-corrected chi connectivity index (χ0v) is 30.1. The van der Waals surface area contributed by atoms with Crippen LogP contribution in [0.5, 0.6) is 5.75 Å². The van der Waals surface area contributed by atoms with E-state index in [0.29, 0.717) is 35.7 Å². The lowest BCUT2D eigenvalue weighted by Gasteiger charge is -2.25. The lowest BCUT2D eigenvalue weighted by atomic mass is 9.94. The van der Waals surface area contributed by atoms with Gasteiger partial charge in [0, 0.05) is 53.2 Å². The van der Waals surface area contributed by atoms with Gasteiger partial charge in [-0.2, -0.15) is 0 Å². The average molecular weight is 754 g/mol. The lowest BCUT2D eigenvalue weighted by Crippen LogP contribution is -2.50. The first-order valence-electron chi connectivity index (χ1n) is 16.9. The third-order valence-corrected chi connectivity index (χ3v) is 9.82. The van der Waals surface area contributed by atoms with E-state index in [4.69, 9.17) is 33.0 Å². The second-order valence-corrected chi connectivity index (χ2v) is 13.8. The Morgan fingerprint density at radius 2 is 1.62 bits per heavy atom. The molecule has 2 aliphatic carbocycles. The normalized spacial score (nSPS) is 17.2. The molecule has 50 heavy (non-hydrogen) atoms. The Balaban J connectivity index is 0.00000562. The van der Waals surface area contributed by atoms with Gasteiger partial charge in [-0.3, -0.25) is 4.98 Å². The highest BCUT2D eigenvalue weighted by Gasteiger charge is 2.46. The van der Waals surface area contributed by atoms with E-state index in [1.807, 2.05) is 42.7 Å². The van der Waals surface area contributed by atoms with Gasteiger partial charge in [0.2, 0.25) is 0 Å². The van der Waals surface area contributed by atoms with Crippen LogP contribution in [0.3, 0.4) is 0 Å². The fourth-order valence-electron chi connectivity index (χ4n) is 5.82. The number of amides is 2. The van der Waals surface area contributed by atoms with Crippen LogP contribution >= 0.6 is 35.6 Å². The van der Waals surface area contributed by atoms with Gasteiger partial charge in [-0.15, -0.1) is 12.4 Å². The molecule has 274 valence electrons. The van der Waals surface area contributed by atoms with Crippen LogP contribution in [-0.4, -0.2) is 86.8 Å². The van der Waals surface area contributed by atoms with Crippen molar-refractivity contribution >= 4 is 41.6 Å². The fourth-order valence-corrected chi connectivity index (χ4v) is 6.35. The first kappa shape index (κ1) is 40.1.